The van der Waals surface area contributed by atoms with Crippen LogP contribution in [0.3, 0.4) is 0 Å². The standard InChI is InChI=1S/C10H16O5/c1-4-14-6-5-8(9(11)12)15-10(13)7(2)3/h8H,2,4-6H2,1,3H3,(H,11,12). The zero-order chi connectivity index (χ0) is 11.8. The van der Waals surface area contributed by atoms with Crippen molar-refractivity contribution in [1.29, 1.82) is 0 Å². The van der Waals surface area contributed by atoms with Crippen LogP contribution >= 0.6 is 0 Å². The third-order valence-corrected chi connectivity index (χ3v) is 1.60. The summed E-state index contributed by atoms with van der Waals surface area (Å²) in [5.74, 6) is -1.87. The van der Waals surface area contributed by atoms with E-state index in [-0.39, 0.29) is 18.6 Å². The SMILES string of the molecule is C=C(C)C(=O)OC(CCOCC)C(=O)O. The third-order valence-electron chi connectivity index (χ3n) is 1.60. The van der Waals surface area contributed by atoms with Crippen molar-refractivity contribution in [3.63, 3.8) is 0 Å². The van der Waals surface area contributed by atoms with Crippen LogP contribution in [0.15, 0.2) is 12.2 Å². The maximum atomic E-state index is 11.1. The minimum atomic E-state index is -1.18. The molecular weight excluding hydrogens is 200 g/mol. The Morgan fingerprint density at radius 2 is 2.07 bits per heavy atom. The van der Waals surface area contributed by atoms with Crippen molar-refractivity contribution in [2.24, 2.45) is 0 Å². The van der Waals surface area contributed by atoms with Crippen molar-refractivity contribution >= 4 is 11.9 Å². The molecule has 1 atom stereocenters. The van der Waals surface area contributed by atoms with E-state index >= 15 is 0 Å². The fraction of sp³-hybridized carbons (Fsp3) is 0.600. The molecule has 0 spiro atoms. The number of rotatable bonds is 7. The van der Waals surface area contributed by atoms with E-state index in [1.54, 1.807) is 6.92 Å². The highest BCUT2D eigenvalue weighted by Gasteiger charge is 2.21. The fourth-order valence-corrected chi connectivity index (χ4v) is 0.797. The van der Waals surface area contributed by atoms with Gasteiger partial charge in [-0.1, -0.05) is 6.58 Å². The third kappa shape index (κ3) is 5.85. The van der Waals surface area contributed by atoms with Gasteiger partial charge in [0.25, 0.3) is 0 Å². The van der Waals surface area contributed by atoms with E-state index in [1.807, 2.05) is 0 Å². The number of hydrogen-bond donors (Lipinski definition) is 1. The molecule has 0 aromatic carbocycles. The lowest BCUT2D eigenvalue weighted by Gasteiger charge is -2.13. The predicted octanol–water partition coefficient (Wildman–Crippen LogP) is 0.985. The van der Waals surface area contributed by atoms with Gasteiger partial charge in [0.2, 0.25) is 6.10 Å². The molecule has 5 nitrogen and oxygen atoms in total. The molecule has 1 N–H and O–H groups in total. The van der Waals surface area contributed by atoms with E-state index in [1.165, 1.54) is 6.92 Å². The van der Waals surface area contributed by atoms with Crippen LogP contribution in [-0.4, -0.2) is 36.4 Å². The van der Waals surface area contributed by atoms with Crippen LogP contribution in [0.1, 0.15) is 20.3 Å². The first-order valence-electron chi connectivity index (χ1n) is 4.66. The van der Waals surface area contributed by atoms with Crippen LogP contribution in [0.2, 0.25) is 0 Å². The normalized spacial score (nSPS) is 11.9. The van der Waals surface area contributed by atoms with Crippen LogP contribution in [-0.2, 0) is 19.1 Å². The first-order valence-corrected chi connectivity index (χ1v) is 4.66. The maximum Gasteiger partial charge on any atom is 0.345 e. The van der Waals surface area contributed by atoms with Gasteiger partial charge in [0.05, 0.1) is 6.61 Å². The summed E-state index contributed by atoms with van der Waals surface area (Å²) in [6.07, 6.45) is -1.02. The van der Waals surface area contributed by atoms with E-state index < -0.39 is 18.0 Å². The Morgan fingerprint density at radius 1 is 1.47 bits per heavy atom. The van der Waals surface area contributed by atoms with Crippen molar-refractivity contribution < 1.29 is 24.2 Å². The lowest BCUT2D eigenvalue weighted by molar-refractivity contribution is -0.162. The van der Waals surface area contributed by atoms with E-state index in [0.717, 1.165) is 0 Å². The summed E-state index contributed by atoms with van der Waals surface area (Å²) in [5.41, 5.74) is 0.178. The van der Waals surface area contributed by atoms with Crippen LogP contribution in [0, 0.1) is 0 Å². The summed E-state index contributed by atoms with van der Waals surface area (Å²) < 4.78 is 9.68. The number of ether oxygens (including phenoxy) is 2. The summed E-state index contributed by atoms with van der Waals surface area (Å²) >= 11 is 0. The Labute approximate surface area is 88.7 Å². The minimum Gasteiger partial charge on any atom is -0.479 e. The average Bonchev–Trinajstić information content (AvgIpc) is 2.15. The maximum absolute atomic E-state index is 11.1. The van der Waals surface area contributed by atoms with Gasteiger partial charge in [-0.25, -0.2) is 9.59 Å². The molecule has 0 rings (SSSR count). The molecule has 0 aliphatic rings. The molecule has 0 amide bonds. The Hall–Kier alpha value is -1.36. The molecule has 15 heavy (non-hydrogen) atoms. The Morgan fingerprint density at radius 3 is 2.47 bits per heavy atom. The summed E-state index contributed by atoms with van der Waals surface area (Å²) in [6, 6.07) is 0. The van der Waals surface area contributed by atoms with E-state index in [2.05, 4.69) is 6.58 Å². The number of aliphatic carboxylic acids is 1. The Bertz CT molecular complexity index is 246. The van der Waals surface area contributed by atoms with Crippen molar-refractivity contribution in [3.8, 4) is 0 Å². The molecule has 1 unspecified atom stereocenters. The van der Waals surface area contributed by atoms with Gasteiger partial charge < -0.3 is 14.6 Å². The highest BCUT2D eigenvalue weighted by atomic mass is 16.6. The van der Waals surface area contributed by atoms with Gasteiger partial charge in [-0.2, -0.15) is 0 Å². The van der Waals surface area contributed by atoms with Gasteiger partial charge in [0.15, 0.2) is 0 Å². The molecule has 0 radical (unpaired) electrons. The van der Waals surface area contributed by atoms with Crippen LogP contribution < -0.4 is 0 Å². The molecule has 0 fully saturated rings. The summed E-state index contributed by atoms with van der Waals surface area (Å²) in [7, 11) is 0. The molecule has 0 heterocycles. The molecule has 5 heteroatoms. The van der Waals surface area contributed by atoms with Gasteiger partial charge in [-0.05, 0) is 13.8 Å². The zero-order valence-corrected chi connectivity index (χ0v) is 8.99. The highest BCUT2D eigenvalue weighted by Crippen LogP contribution is 2.03. The second-order valence-electron chi connectivity index (χ2n) is 3.00. The largest absolute Gasteiger partial charge is 0.479 e. The summed E-state index contributed by atoms with van der Waals surface area (Å²) in [6.45, 7) is 7.38. The van der Waals surface area contributed by atoms with Crippen molar-refractivity contribution in [1.82, 2.24) is 0 Å². The molecular formula is C10H16O5. The predicted molar refractivity (Wildman–Crippen MR) is 53.4 cm³/mol. The van der Waals surface area contributed by atoms with Crippen molar-refractivity contribution in [2.45, 2.75) is 26.4 Å². The lowest BCUT2D eigenvalue weighted by Crippen LogP contribution is -2.28. The topological polar surface area (TPSA) is 72.8 Å². The molecule has 0 saturated carbocycles. The molecule has 0 aromatic rings. The Kier molecular flexibility index (Phi) is 6.37. The minimum absolute atomic E-state index is 0.141. The number of carboxylic acid groups (broad SMARTS) is 1. The summed E-state index contributed by atoms with van der Waals surface area (Å²) in [5, 5.41) is 8.74. The Balaban J connectivity index is 4.10. The van der Waals surface area contributed by atoms with Gasteiger partial charge in [-0.15, -0.1) is 0 Å². The van der Waals surface area contributed by atoms with Crippen LogP contribution in [0.5, 0.6) is 0 Å². The van der Waals surface area contributed by atoms with Gasteiger partial charge in [0, 0.05) is 18.6 Å². The number of carbonyl (C=O) groups is 2. The fourth-order valence-electron chi connectivity index (χ4n) is 0.797. The molecule has 86 valence electrons. The zero-order valence-electron chi connectivity index (χ0n) is 8.99. The van der Waals surface area contributed by atoms with Gasteiger partial charge in [0.1, 0.15) is 0 Å². The van der Waals surface area contributed by atoms with Crippen molar-refractivity contribution in [2.75, 3.05) is 13.2 Å². The van der Waals surface area contributed by atoms with Crippen LogP contribution in [0.25, 0.3) is 0 Å². The smallest absolute Gasteiger partial charge is 0.345 e. The molecule has 0 bridgehead atoms. The van der Waals surface area contributed by atoms with Crippen molar-refractivity contribution in [3.05, 3.63) is 12.2 Å². The number of carboxylic acids is 1. The second kappa shape index (κ2) is 7.00. The highest BCUT2D eigenvalue weighted by molar-refractivity contribution is 5.89. The average molecular weight is 216 g/mol. The summed E-state index contributed by atoms with van der Waals surface area (Å²) in [4.78, 5) is 21.8. The first kappa shape index (κ1) is 13.6. The van der Waals surface area contributed by atoms with E-state index in [9.17, 15) is 9.59 Å². The number of hydrogen-bond acceptors (Lipinski definition) is 4. The quantitative estimate of drug-likeness (QED) is 0.390. The number of esters is 1. The molecule has 0 aromatic heterocycles. The monoisotopic (exact) mass is 216 g/mol. The lowest BCUT2D eigenvalue weighted by atomic mass is 10.2. The van der Waals surface area contributed by atoms with E-state index in [0.29, 0.717) is 6.61 Å². The first-order chi connectivity index (χ1) is 6.99. The van der Waals surface area contributed by atoms with E-state index in [4.69, 9.17) is 14.6 Å². The molecule has 0 aliphatic carbocycles. The molecule has 0 aliphatic heterocycles. The second-order valence-corrected chi connectivity index (χ2v) is 3.00. The van der Waals surface area contributed by atoms with Gasteiger partial charge in [-0.3, -0.25) is 0 Å². The molecule has 0 saturated heterocycles. The number of carbonyl (C=O) groups excluding carboxylic acids is 1. The van der Waals surface area contributed by atoms with Crippen LogP contribution in [0.4, 0.5) is 0 Å². The van der Waals surface area contributed by atoms with Gasteiger partial charge >= 0.3 is 11.9 Å².